The Morgan fingerprint density at radius 3 is 2.73 bits per heavy atom. The maximum Gasteiger partial charge on any atom is 0.317 e. The topological polar surface area (TPSA) is 82.5 Å². The number of nitrogens with one attached hydrogen (secondary N) is 1. The van der Waals surface area contributed by atoms with Crippen molar-refractivity contribution in [2.45, 2.75) is 13.0 Å². The summed E-state index contributed by atoms with van der Waals surface area (Å²) in [5, 5.41) is 14.1. The van der Waals surface area contributed by atoms with Gasteiger partial charge in [-0.15, -0.1) is 11.3 Å². The lowest BCUT2D eigenvalue weighted by atomic mass is 10.2. The van der Waals surface area contributed by atoms with Gasteiger partial charge < -0.3 is 15.3 Å². The largest absolute Gasteiger partial charge is 0.481 e. The van der Waals surface area contributed by atoms with E-state index in [1.54, 1.807) is 7.05 Å². The lowest BCUT2D eigenvalue weighted by Crippen LogP contribution is -2.38. The second-order valence-corrected chi connectivity index (χ2v) is 5.59. The normalized spacial score (nSPS) is 10.2. The van der Waals surface area contributed by atoms with E-state index in [4.69, 9.17) is 5.11 Å². The number of aromatic nitrogens is 1. The van der Waals surface area contributed by atoms with Crippen molar-refractivity contribution in [3.8, 4) is 10.6 Å². The molecule has 6 nitrogen and oxygen atoms in total. The SMILES string of the molecule is CN(CCC(=O)O)C(=O)NCc1csc(-c2ccccc2)n1. The summed E-state index contributed by atoms with van der Waals surface area (Å²) < 4.78 is 0. The third kappa shape index (κ3) is 4.56. The molecule has 1 aromatic carbocycles. The van der Waals surface area contributed by atoms with Crippen molar-refractivity contribution in [3.05, 3.63) is 41.4 Å². The van der Waals surface area contributed by atoms with Crippen molar-refractivity contribution in [2.24, 2.45) is 0 Å². The van der Waals surface area contributed by atoms with E-state index >= 15 is 0 Å². The number of carbonyl (C=O) groups excluding carboxylic acids is 1. The zero-order chi connectivity index (χ0) is 15.9. The van der Waals surface area contributed by atoms with E-state index in [-0.39, 0.29) is 19.0 Å². The van der Waals surface area contributed by atoms with Gasteiger partial charge in [0.15, 0.2) is 0 Å². The fourth-order valence-electron chi connectivity index (χ4n) is 1.77. The molecule has 1 heterocycles. The minimum atomic E-state index is -0.924. The molecule has 2 aromatic rings. The minimum absolute atomic E-state index is 0.0707. The Bertz CT molecular complexity index is 642. The maximum absolute atomic E-state index is 11.8. The molecule has 0 radical (unpaired) electrons. The highest BCUT2D eigenvalue weighted by molar-refractivity contribution is 7.13. The van der Waals surface area contributed by atoms with Gasteiger partial charge in [0.2, 0.25) is 0 Å². The van der Waals surface area contributed by atoms with Gasteiger partial charge in [0.25, 0.3) is 0 Å². The zero-order valence-electron chi connectivity index (χ0n) is 12.2. The highest BCUT2D eigenvalue weighted by Gasteiger charge is 2.11. The van der Waals surface area contributed by atoms with Crippen LogP contribution in [0.1, 0.15) is 12.1 Å². The van der Waals surface area contributed by atoms with Gasteiger partial charge in [-0.05, 0) is 0 Å². The summed E-state index contributed by atoms with van der Waals surface area (Å²) in [5.74, 6) is -0.924. The summed E-state index contributed by atoms with van der Waals surface area (Å²) in [4.78, 5) is 28.1. The molecule has 0 saturated heterocycles. The fraction of sp³-hybridized carbons (Fsp3) is 0.267. The van der Waals surface area contributed by atoms with Crippen LogP contribution in [0.4, 0.5) is 4.79 Å². The number of hydrogen-bond acceptors (Lipinski definition) is 4. The summed E-state index contributed by atoms with van der Waals surface area (Å²) in [7, 11) is 1.56. The molecule has 0 spiro atoms. The molecule has 1 aromatic heterocycles. The number of carboxylic acid groups (broad SMARTS) is 1. The first-order chi connectivity index (χ1) is 10.6. The third-order valence-corrected chi connectivity index (χ3v) is 3.94. The summed E-state index contributed by atoms with van der Waals surface area (Å²) in [6.45, 7) is 0.493. The van der Waals surface area contributed by atoms with Gasteiger partial charge in [-0.3, -0.25) is 4.79 Å². The summed E-state index contributed by atoms with van der Waals surface area (Å²) in [6, 6.07) is 9.52. The lowest BCUT2D eigenvalue weighted by molar-refractivity contribution is -0.137. The van der Waals surface area contributed by atoms with Gasteiger partial charge in [-0.2, -0.15) is 0 Å². The maximum atomic E-state index is 11.8. The monoisotopic (exact) mass is 319 g/mol. The first-order valence-corrected chi connectivity index (χ1v) is 7.65. The lowest BCUT2D eigenvalue weighted by Gasteiger charge is -2.16. The Kier molecular flexibility index (Phi) is 5.48. The Morgan fingerprint density at radius 2 is 2.05 bits per heavy atom. The highest BCUT2D eigenvalue weighted by Crippen LogP contribution is 2.23. The number of aliphatic carboxylic acids is 1. The van der Waals surface area contributed by atoms with Crippen LogP contribution in [0.15, 0.2) is 35.7 Å². The Morgan fingerprint density at radius 1 is 1.32 bits per heavy atom. The molecule has 2 N–H and O–H groups in total. The number of thiazole rings is 1. The van der Waals surface area contributed by atoms with Crippen molar-refractivity contribution in [2.75, 3.05) is 13.6 Å². The second kappa shape index (κ2) is 7.56. The number of benzene rings is 1. The minimum Gasteiger partial charge on any atom is -0.481 e. The molecule has 2 rings (SSSR count). The van der Waals surface area contributed by atoms with Gasteiger partial charge in [-0.25, -0.2) is 9.78 Å². The molecule has 0 bridgehead atoms. The molecule has 0 unspecified atom stereocenters. The van der Waals surface area contributed by atoms with Crippen LogP contribution in [0.5, 0.6) is 0 Å². The van der Waals surface area contributed by atoms with Crippen molar-refractivity contribution in [3.63, 3.8) is 0 Å². The number of amides is 2. The van der Waals surface area contributed by atoms with Crippen molar-refractivity contribution < 1.29 is 14.7 Å². The molecule has 22 heavy (non-hydrogen) atoms. The quantitative estimate of drug-likeness (QED) is 0.856. The van der Waals surface area contributed by atoms with Crippen LogP contribution >= 0.6 is 11.3 Å². The summed E-state index contributed by atoms with van der Waals surface area (Å²) >= 11 is 1.52. The van der Waals surface area contributed by atoms with E-state index in [1.807, 2.05) is 35.7 Å². The van der Waals surface area contributed by atoms with Gasteiger partial charge in [0.05, 0.1) is 18.7 Å². The van der Waals surface area contributed by atoms with Crippen LogP contribution < -0.4 is 5.32 Å². The first-order valence-electron chi connectivity index (χ1n) is 6.77. The van der Waals surface area contributed by atoms with Crippen molar-refractivity contribution in [1.82, 2.24) is 15.2 Å². The Balaban J connectivity index is 1.86. The number of hydrogen-bond donors (Lipinski definition) is 2. The van der Waals surface area contributed by atoms with Gasteiger partial charge >= 0.3 is 12.0 Å². The third-order valence-electron chi connectivity index (χ3n) is 3.00. The van der Waals surface area contributed by atoms with Crippen molar-refractivity contribution in [1.29, 1.82) is 0 Å². The van der Waals surface area contributed by atoms with Gasteiger partial charge in [0.1, 0.15) is 5.01 Å². The fourth-order valence-corrected chi connectivity index (χ4v) is 2.59. The molecular weight excluding hydrogens is 302 g/mol. The number of urea groups is 1. The highest BCUT2D eigenvalue weighted by atomic mass is 32.1. The van der Waals surface area contributed by atoms with Gasteiger partial charge in [-0.1, -0.05) is 30.3 Å². The predicted octanol–water partition coefficient (Wildman–Crippen LogP) is 2.43. The zero-order valence-corrected chi connectivity index (χ0v) is 13.0. The molecule has 0 atom stereocenters. The molecule has 0 aliphatic heterocycles. The Hall–Kier alpha value is -2.41. The Labute approximate surface area is 132 Å². The molecule has 0 saturated carbocycles. The standard InChI is InChI=1S/C15H17N3O3S/c1-18(8-7-13(19)20)15(21)16-9-12-10-22-14(17-12)11-5-3-2-4-6-11/h2-6,10H,7-9H2,1H3,(H,16,21)(H,19,20). The van der Waals surface area contributed by atoms with Crippen LogP contribution in [0, 0.1) is 0 Å². The average molecular weight is 319 g/mol. The van der Waals surface area contributed by atoms with Crippen LogP contribution in [0.2, 0.25) is 0 Å². The van der Waals surface area contributed by atoms with Crippen molar-refractivity contribution >= 4 is 23.3 Å². The predicted molar refractivity (Wildman–Crippen MR) is 84.7 cm³/mol. The summed E-state index contributed by atoms with van der Waals surface area (Å²) in [5.41, 5.74) is 1.83. The number of nitrogens with zero attached hydrogens (tertiary/aromatic N) is 2. The van der Waals surface area contributed by atoms with E-state index in [0.29, 0.717) is 6.54 Å². The van der Waals surface area contributed by atoms with E-state index in [1.165, 1.54) is 16.2 Å². The van der Waals surface area contributed by atoms with Gasteiger partial charge in [0, 0.05) is 24.5 Å². The van der Waals surface area contributed by atoms with E-state index in [2.05, 4.69) is 10.3 Å². The second-order valence-electron chi connectivity index (χ2n) is 4.73. The van der Waals surface area contributed by atoms with E-state index in [9.17, 15) is 9.59 Å². The molecule has 2 amide bonds. The molecule has 0 aliphatic rings. The number of rotatable bonds is 6. The van der Waals surface area contributed by atoms with E-state index < -0.39 is 5.97 Å². The molecule has 7 heteroatoms. The van der Waals surface area contributed by atoms with Crippen LogP contribution in [-0.4, -0.2) is 40.6 Å². The van der Waals surface area contributed by atoms with Crippen LogP contribution in [0.25, 0.3) is 10.6 Å². The van der Waals surface area contributed by atoms with Crippen LogP contribution in [0.3, 0.4) is 0 Å². The number of carbonyl (C=O) groups is 2. The molecular formula is C15H17N3O3S. The first kappa shape index (κ1) is 16.0. The molecule has 0 fully saturated rings. The smallest absolute Gasteiger partial charge is 0.317 e. The average Bonchev–Trinajstić information content (AvgIpc) is 3.00. The number of carboxylic acids is 1. The molecule has 0 aliphatic carbocycles. The molecule has 116 valence electrons. The summed E-state index contributed by atoms with van der Waals surface area (Å²) in [6.07, 6.45) is -0.0707. The van der Waals surface area contributed by atoms with Crippen LogP contribution in [-0.2, 0) is 11.3 Å². The van der Waals surface area contributed by atoms with E-state index in [0.717, 1.165) is 16.3 Å².